The molecule has 0 saturated carbocycles. The molecule has 19 heavy (non-hydrogen) atoms. The van der Waals surface area contributed by atoms with E-state index >= 15 is 0 Å². The Morgan fingerprint density at radius 1 is 1.53 bits per heavy atom. The highest BCUT2D eigenvalue weighted by Crippen LogP contribution is 2.23. The highest BCUT2D eigenvalue weighted by atomic mass is 16.4. The van der Waals surface area contributed by atoms with Gasteiger partial charge in [-0.15, -0.1) is 10.2 Å². The number of hydrogen-bond acceptors (Lipinski definition) is 5. The zero-order chi connectivity index (χ0) is 14.0. The van der Waals surface area contributed by atoms with Gasteiger partial charge < -0.3 is 15.3 Å². The Labute approximate surface area is 109 Å². The lowest BCUT2D eigenvalue weighted by Gasteiger charge is -2.19. The average Bonchev–Trinajstić information content (AvgIpc) is 2.96. The smallest absolute Gasteiger partial charge is 0.318 e. The number of aromatic amines is 1. The Balaban J connectivity index is 1.93. The van der Waals surface area contributed by atoms with E-state index in [4.69, 9.17) is 5.11 Å². The van der Waals surface area contributed by atoms with Crippen LogP contribution in [-0.4, -0.2) is 55.7 Å². The summed E-state index contributed by atoms with van der Waals surface area (Å²) in [5.74, 6) is -1.04. The minimum atomic E-state index is -0.867. The number of tetrazole rings is 1. The maximum Gasteiger partial charge on any atom is 0.318 e. The van der Waals surface area contributed by atoms with Gasteiger partial charge in [-0.3, -0.25) is 4.79 Å². The summed E-state index contributed by atoms with van der Waals surface area (Å²) in [7, 11) is 0. The molecule has 104 valence electrons. The van der Waals surface area contributed by atoms with Crippen LogP contribution in [0.2, 0.25) is 0 Å². The zero-order valence-electron chi connectivity index (χ0n) is 10.7. The number of hydrogen-bond donors (Lipinski definition) is 3. The summed E-state index contributed by atoms with van der Waals surface area (Å²) in [6.45, 7) is 4.22. The first-order chi connectivity index (χ1) is 8.99. The van der Waals surface area contributed by atoms with Crippen LogP contribution in [0.5, 0.6) is 0 Å². The zero-order valence-corrected chi connectivity index (χ0v) is 10.7. The van der Waals surface area contributed by atoms with Crippen molar-refractivity contribution in [2.75, 3.05) is 13.1 Å². The molecule has 1 aromatic rings. The van der Waals surface area contributed by atoms with E-state index in [1.54, 1.807) is 6.92 Å². The number of carbonyl (C=O) groups excluding carboxylic acids is 1. The minimum absolute atomic E-state index is 0.0521. The number of nitrogens with zero attached hydrogens (tertiary/aromatic N) is 4. The van der Waals surface area contributed by atoms with Crippen LogP contribution in [0.4, 0.5) is 4.79 Å². The topological polar surface area (TPSA) is 124 Å². The number of aliphatic carboxylic acids is 1. The number of aromatic nitrogens is 4. The van der Waals surface area contributed by atoms with Crippen molar-refractivity contribution in [2.24, 2.45) is 11.8 Å². The van der Waals surface area contributed by atoms with Gasteiger partial charge in [0.2, 0.25) is 0 Å². The van der Waals surface area contributed by atoms with E-state index in [2.05, 4.69) is 25.9 Å². The molecule has 1 aliphatic heterocycles. The van der Waals surface area contributed by atoms with E-state index in [1.165, 1.54) is 4.90 Å². The highest BCUT2D eigenvalue weighted by molar-refractivity contribution is 5.77. The molecule has 0 bridgehead atoms. The first kappa shape index (κ1) is 13.2. The van der Waals surface area contributed by atoms with Gasteiger partial charge >= 0.3 is 12.0 Å². The van der Waals surface area contributed by atoms with Gasteiger partial charge in [-0.2, -0.15) is 5.21 Å². The second kappa shape index (κ2) is 5.21. The summed E-state index contributed by atoms with van der Waals surface area (Å²) in [6.07, 6.45) is 0. The summed E-state index contributed by atoms with van der Waals surface area (Å²) in [5, 5.41) is 25.0. The number of likely N-dealkylation sites (tertiary alicyclic amines) is 1. The number of amides is 2. The third-order valence-electron chi connectivity index (χ3n) is 3.31. The molecule has 3 N–H and O–H groups in total. The lowest BCUT2D eigenvalue weighted by molar-refractivity contribution is -0.142. The fourth-order valence-electron chi connectivity index (χ4n) is 2.15. The van der Waals surface area contributed by atoms with Crippen LogP contribution in [0.15, 0.2) is 0 Å². The van der Waals surface area contributed by atoms with Crippen molar-refractivity contribution in [2.45, 2.75) is 19.9 Å². The van der Waals surface area contributed by atoms with Crippen LogP contribution >= 0.6 is 0 Å². The summed E-state index contributed by atoms with van der Waals surface area (Å²) in [5.41, 5.74) is 0. The third kappa shape index (κ3) is 2.80. The minimum Gasteiger partial charge on any atom is -0.481 e. The van der Waals surface area contributed by atoms with E-state index in [1.807, 2.05) is 6.92 Å². The van der Waals surface area contributed by atoms with Crippen molar-refractivity contribution in [1.29, 1.82) is 0 Å². The molecule has 2 heterocycles. The molecule has 9 nitrogen and oxygen atoms in total. The predicted molar refractivity (Wildman–Crippen MR) is 63.0 cm³/mol. The lowest BCUT2D eigenvalue weighted by atomic mass is 9.99. The monoisotopic (exact) mass is 268 g/mol. The molecule has 3 atom stereocenters. The van der Waals surface area contributed by atoms with Gasteiger partial charge in [0.15, 0.2) is 5.82 Å². The van der Waals surface area contributed by atoms with Crippen molar-refractivity contribution in [3.05, 3.63) is 5.82 Å². The number of carboxylic acids is 1. The maximum atomic E-state index is 12.0. The quantitative estimate of drug-likeness (QED) is 0.686. The van der Waals surface area contributed by atoms with Crippen molar-refractivity contribution in [1.82, 2.24) is 30.8 Å². The van der Waals surface area contributed by atoms with Gasteiger partial charge in [-0.25, -0.2) is 4.79 Å². The maximum absolute atomic E-state index is 12.0. The van der Waals surface area contributed by atoms with Gasteiger partial charge in [-0.1, -0.05) is 12.1 Å². The molecule has 1 aromatic heterocycles. The summed E-state index contributed by atoms with van der Waals surface area (Å²) in [6, 6.07) is -0.696. The van der Waals surface area contributed by atoms with Gasteiger partial charge in [0.05, 0.1) is 12.0 Å². The number of carboxylic acid groups (broad SMARTS) is 1. The Morgan fingerprint density at radius 2 is 2.26 bits per heavy atom. The van der Waals surface area contributed by atoms with Crippen LogP contribution in [0.1, 0.15) is 25.7 Å². The van der Waals surface area contributed by atoms with Crippen LogP contribution in [0.25, 0.3) is 0 Å². The molecule has 0 radical (unpaired) electrons. The molecule has 9 heteroatoms. The molecular formula is C10H16N6O3. The molecule has 0 aromatic carbocycles. The van der Waals surface area contributed by atoms with Crippen LogP contribution in [-0.2, 0) is 4.79 Å². The molecule has 1 aliphatic rings. The molecular weight excluding hydrogens is 252 g/mol. The van der Waals surface area contributed by atoms with Gasteiger partial charge in [0.25, 0.3) is 0 Å². The predicted octanol–water partition coefficient (Wildman–Crippen LogP) is -0.377. The van der Waals surface area contributed by atoms with Crippen molar-refractivity contribution in [3.8, 4) is 0 Å². The Kier molecular flexibility index (Phi) is 3.63. The van der Waals surface area contributed by atoms with Crippen molar-refractivity contribution >= 4 is 12.0 Å². The molecule has 2 amide bonds. The van der Waals surface area contributed by atoms with E-state index in [9.17, 15) is 9.59 Å². The number of urea groups is 1. The average molecular weight is 268 g/mol. The molecule has 1 fully saturated rings. The lowest BCUT2D eigenvalue weighted by Crippen LogP contribution is -2.40. The van der Waals surface area contributed by atoms with E-state index in [0.29, 0.717) is 12.4 Å². The normalized spacial score (nSPS) is 24.2. The number of H-pyrrole nitrogens is 1. The van der Waals surface area contributed by atoms with E-state index in [-0.39, 0.29) is 24.5 Å². The summed E-state index contributed by atoms with van der Waals surface area (Å²) >= 11 is 0. The Bertz CT molecular complexity index is 462. The van der Waals surface area contributed by atoms with E-state index in [0.717, 1.165) is 0 Å². The second-order valence-electron chi connectivity index (χ2n) is 4.77. The van der Waals surface area contributed by atoms with Gasteiger partial charge in [0, 0.05) is 13.1 Å². The van der Waals surface area contributed by atoms with E-state index < -0.39 is 11.9 Å². The fraction of sp³-hybridized carbons (Fsp3) is 0.700. The summed E-state index contributed by atoms with van der Waals surface area (Å²) in [4.78, 5) is 24.5. The fourth-order valence-corrected chi connectivity index (χ4v) is 2.15. The first-order valence-electron chi connectivity index (χ1n) is 6.00. The molecule has 2 rings (SSSR count). The molecule has 0 spiro atoms. The largest absolute Gasteiger partial charge is 0.481 e. The first-order valence-corrected chi connectivity index (χ1v) is 6.00. The van der Waals surface area contributed by atoms with Gasteiger partial charge in [-0.05, 0) is 12.8 Å². The Morgan fingerprint density at radius 3 is 2.79 bits per heavy atom. The van der Waals surface area contributed by atoms with Crippen molar-refractivity contribution < 1.29 is 14.7 Å². The SMILES string of the molecule is CC(NC(=O)N1CC(C)C(C(=O)O)C1)c1nn[nH]n1. The Hall–Kier alpha value is -2.19. The highest BCUT2D eigenvalue weighted by Gasteiger charge is 2.37. The second-order valence-corrected chi connectivity index (χ2v) is 4.77. The summed E-state index contributed by atoms with van der Waals surface area (Å²) < 4.78 is 0. The van der Waals surface area contributed by atoms with Crippen LogP contribution in [0, 0.1) is 11.8 Å². The number of nitrogens with one attached hydrogen (secondary N) is 2. The third-order valence-corrected chi connectivity index (χ3v) is 3.31. The van der Waals surface area contributed by atoms with Gasteiger partial charge in [0.1, 0.15) is 0 Å². The standard InChI is InChI=1S/C10H16N6O3/c1-5-3-16(4-7(5)9(17)18)10(19)11-6(2)8-12-14-15-13-8/h5-7H,3-4H2,1-2H3,(H,11,19)(H,17,18)(H,12,13,14,15). The van der Waals surface area contributed by atoms with Crippen LogP contribution < -0.4 is 5.32 Å². The molecule has 3 unspecified atom stereocenters. The van der Waals surface area contributed by atoms with Crippen molar-refractivity contribution in [3.63, 3.8) is 0 Å². The van der Waals surface area contributed by atoms with Crippen LogP contribution in [0.3, 0.4) is 0 Å². The number of rotatable bonds is 3. The molecule has 0 aliphatic carbocycles. The molecule has 1 saturated heterocycles. The number of carbonyl (C=O) groups is 2.